The number of hydrogen-bond donors (Lipinski definition) is 0. The van der Waals surface area contributed by atoms with Crippen LogP contribution < -0.4 is 4.90 Å². The third-order valence-electron chi connectivity index (χ3n) is 17.0. The Bertz CT molecular complexity index is 4120. The molecular weight excluding hydrogens is 863 g/mol. The highest BCUT2D eigenvalue weighted by Gasteiger charge is 2.49. The van der Waals surface area contributed by atoms with Crippen molar-refractivity contribution in [3.63, 3.8) is 0 Å². The summed E-state index contributed by atoms with van der Waals surface area (Å²) in [5.74, 6) is 0. The topological polar surface area (TPSA) is 29.5 Å². The second-order valence-electron chi connectivity index (χ2n) is 23.3. The smallest absolute Gasteiger partial charge is 0.144 e. The Balaban J connectivity index is 0.989. The molecule has 9 aromatic carbocycles. The maximum Gasteiger partial charge on any atom is 0.144 e. The van der Waals surface area contributed by atoms with Gasteiger partial charge in [-0.3, -0.25) is 0 Å². The number of hydrogen-bond acceptors (Lipinski definition) is 3. The maximum atomic E-state index is 7.06. The average molecular weight is 920 g/mol. The van der Waals surface area contributed by atoms with E-state index in [4.69, 9.17) is 8.83 Å². The molecule has 0 aliphatic heterocycles. The summed E-state index contributed by atoms with van der Waals surface area (Å²) in [6, 6.07) is 61.2. The molecule has 0 N–H and O–H groups in total. The Kier molecular flexibility index (Phi) is 8.36. The number of fused-ring (bicyclic) bond motifs is 19. The standard InChI is InChI=1S/C68H57NO2/c1-38-18-17-19-39(34-38)49-37-53-56(58-47-21-12-15-24-54(47)70-63(49)58)45-32-30-42(35-51(45)66(53,5)6)69(41-28-26-40(27-29-41)65(2,3)4)43-31-33-46-52(36-43)68(9,10)62-60(46)64-59(48-22-13-16-25-55(48)71-64)57-44-20-11-14-23-50(44)67(7,8)61(57)62/h11-37H,1-10H3. The van der Waals surface area contributed by atoms with Crippen LogP contribution >= 0.6 is 0 Å². The van der Waals surface area contributed by atoms with Crippen LogP contribution in [0.2, 0.25) is 0 Å². The zero-order chi connectivity index (χ0) is 48.7. The third kappa shape index (κ3) is 5.61. The highest BCUT2D eigenvalue weighted by Crippen LogP contribution is 2.64. The van der Waals surface area contributed by atoms with Gasteiger partial charge in [0.1, 0.15) is 22.3 Å². The predicted molar refractivity (Wildman–Crippen MR) is 297 cm³/mol. The van der Waals surface area contributed by atoms with Gasteiger partial charge in [0, 0.05) is 66.0 Å². The van der Waals surface area contributed by atoms with Crippen molar-refractivity contribution in [3.05, 3.63) is 208 Å². The van der Waals surface area contributed by atoms with Crippen LogP contribution in [0.4, 0.5) is 17.1 Å². The molecule has 0 unspecified atom stereocenters. The van der Waals surface area contributed by atoms with E-state index in [1.807, 2.05) is 0 Å². The molecule has 0 radical (unpaired) electrons. The van der Waals surface area contributed by atoms with E-state index in [1.54, 1.807) is 0 Å². The molecule has 0 spiro atoms. The normalized spacial score (nSPS) is 15.5. The Hall–Kier alpha value is -7.62. The molecule has 14 rings (SSSR count). The molecule has 0 fully saturated rings. The van der Waals surface area contributed by atoms with Gasteiger partial charge in [0.2, 0.25) is 0 Å². The molecule has 71 heavy (non-hydrogen) atoms. The van der Waals surface area contributed by atoms with Crippen molar-refractivity contribution in [1.82, 2.24) is 0 Å². The molecule has 3 heteroatoms. The van der Waals surface area contributed by atoms with Crippen molar-refractivity contribution in [2.24, 2.45) is 0 Å². The van der Waals surface area contributed by atoms with Crippen molar-refractivity contribution in [1.29, 1.82) is 0 Å². The van der Waals surface area contributed by atoms with Crippen molar-refractivity contribution in [2.75, 3.05) is 4.90 Å². The van der Waals surface area contributed by atoms with E-state index in [0.29, 0.717) is 0 Å². The predicted octanol–water partition coefficient (Wildman–Crippen LogP) is 19.1. The molecule has 3 aliphatic carbocycles. The highest BCUT2D eigenvalue weighted by molar-refractivity contribution is 6.21. The largest absolute Gasteiger partial charge is 0.455 e. The lowest BCUT2D eigenvalue weighted by Crippen LogP contribution is -2.24. The molecule has 346 valence electrons. The van der Waals surface area contributed by atoms with Crippen molar-refractivity contribution in [2.45, 2.75) is 90.9 Å². The zero-order valence-corrected chi connectivity index (χ0v) is 42.4. The van der Waals surface area contributed by atoms with E-state index in [-0.39, 0.29) is 21.7 Å². The minimum atomic E-state index is -0.339. The second kappa shape index (κ2) is 14.0. The molecule has 11 aromatic rings. The van der Waals surface area contributed by atoms with E-state index >= 15 is 0 Å². The summed E-state index contributed by atoms with van der Waals surface area (Å²) in [7, 11) is 0. The summed E-state index contributed by atoms with van der Waals surface area (Å²) < 4.78 is 13.9. The molecule has 0 saturated carbocycles. The van der Waals surface area contributed by atoms with Gasteiger partial charge in [-0.1, -0.05) is 177 Å². The quantitative estimate of drug-likeness (QED) is 0.176. The number of furan rings is 2. The molecule has 0 amide bonds. The molecule has 3 aliphatic rings. The van der Waals surface area contributed by atoms with E-state index in [2.05, 4.69) is 238 Å². The lowest BCUT2D eigenvalue weighted by Gasteiger charge is -2.32. The van der Waals surface area contributed by atoms with Crippen LogP contribution in [0.1, 0.15) is 107 Å². The fourth-order valence-electron chi connectivity index (χ4n) is 13.5. The van der Waals surface area contributed by atoms with E-state index in [9.17, 15) is 0 Å². The first kappa shape index (κ1) is 42.3. The monoisotopic (exact) mass is 919 g/mol. The van der Waals surface area contributed by atoms with Crippen LogP contribution in [-0.2, 0) is 21.7 Å². The summed E-state index contributed by atoms with van der Waals surface area (Å²) in [5.41, 5.74) is 27.0. The fourth-order valence-corrected chi connectivity index (χ4v) is 13.5. The van der Waals surface area contributed by atoms with Gasteiger partial charge in [-0.05, 0) is 139 Å². The van der Waals surface area contributed by atoms with Crippen molar-refractivity contribution in [3.8, 4) is 44.5 Å². The fraction of sp³-hybridized carbons (Fsp3) is 0.206. The van der Waals surface area contributed by atoms with Gasteiger partial charge in [-0.2, -0.15) is 0 Å². The summed E-state index contributed by atoms with van der Waals surface area (Å²) in [6.07, 6.45) is 0. The van der Waals surface area contributed by atoms with Gasteiger partial charge >= 0.3 is 0 Å². The third-order valence-corrected chi connectivity index (χ3v) is 17.0. The minimum Gasteiger partial charge on any atom is -0.455 e. The molecule has 0 saturated heterocycles. The first-order valence-electron chi connectivity index (χ1n) is 25.4. The van der Waals surface area contributed by atoms with Crippen LogP contribution in [0.5, 0.6) is 0 Å². The number of nitrogens with zero attached hydrogens (tertiary/aromatic N) is 1. The van der Waals surface area contributed by atoms with Crippen LogP contribution in [-0.4, -0.2) is 0 Å². The Morgan fingerprint density at radius 2 is 0.944 bits per heavy atom. The summed E-state index contributed by atoms with van der Waals surface area (Å²) in [4.78, 5) is 2.49. The number of benzene rings is 9. The summed E-state index contributed by atoms with van der Waals surface area (Å²) in [5, 5.41) is 4.76. The van der Waals surface area contributed by atoms with Crippen LogP contribution in [0.25, 0.3) is 88.4 Å². The lowest BCUT2D eigenvalue weighted by molar-refractivity contribution is 0.590. The van der Waals surface area contributed by atoms with Gasteiger partial charge in [-0.25, -0.2) is 0 Å². The maximum absolute atomic E-state index is 7.06. The van der Waals surface area contributed by atoms with Crippen LogP contribution in [0.3, 0.4) is 0 Å². The molecular formula is C68H57NO2. The average Bonchev–Trinajstić information content (AvgIpc) is 4.11. The first-order valence-corrected chi connectivity index (χ1v) is 25.4. The second-order valence-corrected chi connectivity index (χ2v) is 23.3. The molecule has 3 nitrogen and oxygen atoms in total. The zero-order valence-electron chi connectivity index (χ0n) is 42.4. The number of para-hydroxylation sites is 2. The highest BCUT2D eigenvalue weighted by atomic mass is 16.3. The van der Waals surface area contributed by atoms with Crippen molar-refractivity contribution < 1.29 is 8.83 Å². The Labute approximate surface area is 416 Å². The van der Waals surface area contributed by atoms with Crippen molar-refractivity contribution >= 4 is 60.9 Å². The Morgan fingerprint density at radius 3 is 1.61 bits per heavy atom. The van der Waals surface area contributed by atoms with Gasteiger partial charge in [0.05, 0.1) is 0 Å². The van der Waals surface area contributed by atoms with E-state index < -0.39 is 0 Å². The lowest BCUT2D eigenvalue weighted by atomic mass is 9.72. The molecule has 0 atom stereocenters. The number of rotatable bonds is 4. The molecule has 2 heterocycles. The van der Waals surface area contributed by atoms with Gasteiger partial charge in [-0.15, -0.1) is 0 Å². The first-order chi connectivity index (χ1) is 34.0. The van der Waals surface area contributed by atoms with Gasteiger partial charge in [0.25, 0.3) is 0 Å². The Morgan fingerprint density at radius 1 is 0.408 bits per heavy atom. The van der Waals surface area contributed by atoms with Crippen LogP contribution in [0.15, 0.2) is 173 Å². The molecule has 2 aromatic heterocycles. The minimum absolute atomic E-state index is 0.0195. The van der Waals surface area contributed by atoms with Gasteiger partial charge < -0.3 is 13.7 Å². The van der Waals surface area contributed by atoms with E-state index in [1.165, 1.54) is 99.6 Å². The van der Waals surface area contributed by atoms with Gasteiger partial charge in [0.15, 0.2) is 0 Å². The number of anilines is 3. The SMILES string of the molecule is Cc1cccc(-c2cc3c(c4c2oc2ccccc24)-c2ccc(N(c4ccc(C(C)(C)C)cc4)c4ccc5c(c4)C(C)(C)c4c6c(c7c(oc8ccccc87)c4-5)-c4ccccc4C6(C)C)cc2C3(C)C)c1. The number of aryl methyl sites for hydroxylation is 1. The molecule has 0 bridgehead atoms. The summed E-state index contributed by atoms with van der Waals surface area (Å²) in [6.45, 7) is 23.6. The van der Waals surface area contributed by atoms with E-state index in [0.717, 1.165) is 50.3 Å². The summed E-state index contributed by atoms with van der Waals surface area (Å²) >= 11 is 0. The van der Waals surface area contributed by atoms with Crippen LogP contribution in [0, 0.1) is 6.92 Å².